The Balaban J connectivity index is 0.000000380. The van der Waals surface area contributed by atoms with Gasteiger partial charge < -0.3 is 5.32 Å². The Hall–Kier alpha value is -5.28. The van der Waals surface area contributed by atoms with Gasteiger partial charge in [-0.2, -0.15) is 0 Å². The SMILES string of the molecule is CCCCCCCCCCCCCC[NH2+]c1ccccc1.Fc1c(F)c(F)c([B-](c2c(F)c(F)c(F)c(F)c2F)(c2c(F)c(F)c(F)c(F)c2F)c2c(F)c(F)c(F)c(F)c2F)c(F)c1F. The molecule has 66 heavy (non-hydrogen) atoms. The van der Waals surface area contributed by atoms with Gasteiger partial charge in [0.25, 0.3) is 0 Å². The third-order valence-corrected chi connectivity index (χ3v) is 10.9. The Morgan fingerprint density at radius 1 is 0.288 bits per heavy atom. The minimum Gasteiger partial charge on any atom is -0.314 e. The van der Waals surface area contributed by atoms with E-state index in [1.54, 1.807) is 0 Å². The van der Waals surface area contributed by atoms with Crippen LogP contribution in [0, 0.1) is 116 Å². The standard InChI is InChI=1S/C24BF20.C20H35N/c26-5-1(6(27)14(35)21(42)13(5)34)25(2-7(28)15(36)22(43)16(37)8(2)29,3-9(30)17(38)23(44)18(39)10(3)31)4-11(32)19(40)24(45)20(41)12(4)33;1-2-3-4-5-6-7-8-9-10-11-12-16-19-21-20-17-14-13-15-18-20/h;13-15,17-18,21H,2-12,16,19H2,1H3/q-1;/p+1. The zero-order valence-corrected chi connectivity index (χ0v) is 34.3. The van der Waals surface area contributed by atoms with Crippen LogP contribution < -0.4 is 27.2 Å². The highest BCUT2D eigenvalue weighted by Gasteiger charge is 2.52. The minimum atomic E-state index is -7.22. The molecule has 22 heteroatoms. The van der Waals surface area contributed by atoms with Crippen molar-refractivity contribution in [3.63, 3.8) is 0 Å². The van der Waals surface area contributed by atoms with Crippen molar-refractivity contribution in [2.45, 2.75) is 84.0 Å². The number of unbranched alkanes of at least 4 members (excludes halogenated alkanes) is 11. The molecule has 0 unspecified atom stereocenters. The Morgan fingerprint density at radius 3 is 0.742 bits per heavy atom. The van der Waals surface area contributed by atoms with Gasteiger partial charge >= 0.3 is 0 Å². The lowest BCUT2D eigenvalue weighted by atomic mass is 9.12. The summed E-state index contributed by atoms with van der Waals surface area (Å²) in [5.41, 5.74) is -13.0. The third kappa shape index (κ3) is 10.3. The van der Waals surface area contributed by atoms with Crippen LogP contribution in [0.15, 0.2) is 30.3 Å². The average Bonchev–Trinajstić information content (AvgIpc) is 3.30. The van der Waals surface area contributed by atoms with Crippen LogP contribution in [-0.2, 0) is 0 Å². The Labute approximate surface area is 363 Å². The molecule has 0 amide bonds. The normalized spacial score (nSPS) is 11.7. The summed E-state index contributed by atoms with van der Waals surface area (Å²) in [6, 6.07) is 10.7. The number of quaternary nitrogens is 1. The molecule has 0 bridgehead atoms. The first-order chi connectivity index (χ1) is 31.1. The predicted molar refractivity (Wildman–Crippen MR) is 203 cm³/mol. The van der Waals surface area contributed by atoms with Gasteiger partial charge in [0, 0.05) is 0 Å². The lowest BCUT2D eigenvalue weighted by Crippen LogP contribution is -2.81. The molecule has 0 atom stereocenters. The molecule has 0 aromatic heterocycles. The number of hydrogen-bond acceptors (Lipinski definition) is 0. The summed E-state index contributed by atoms with van der Waals surface area (Å²) >= 11 is 0. The van der Waals surface area contributed by atoms with Gasteiger partial charge in [0.05, 0.1) is 6.54 Å². The largest absolute Gasteiger partial charge is 0.314 e. The summed E-state index contributed by atoms with van der Waals surface area (Å²) in [6.45, 7) is 3.53. The molecule has 0 aliphatic rings. The molecule has 0 aliphatic heterocycles. The summed E-state index contributed by atoms with van der Waals surface area (Å²) in [5, 5.41) is 2.37. The zero-order chi connectivity index (χ0) is 49.4. The molecule has 0 spiro atoms. The maximum absolute atomic E-state index is 15.4. The molecular weight excluding hydrogens is 933 g/mol. The van der Waals surface area contributed by atoms with Crippen LogP contribution >= 0.6 is 0 Å². The molecule has 0 fully saturated rings. The molecule has 360 valence electrons. The first-order valence-corrected chi connectivity index (χ1v) is 20.2. The lowest BCUT2D eigenvalue weighted by Gasteiger charge is -2.44. The van der Waals surface area contributed by atoms with E-state index in [1.807, 2.05) is 0 Å². The highest BCUT2D eigenvalue weighted by molar-refractivity contribution is 7.20. The van der Waals surface area contributed by atoms with E-state index in [4.69, 9.17) is 0 Å². The van der Waals surface area contributed by atoms with E-state index >= 15 is 35.1 Å². The maximum Gasteiger partial charge on any atom is 0.200 e. The van der Waals surface area contributed by atoms with Gasteiger partial charge in [0.1, 0.15) is 58.4 Å². The predicted octanol–water partition coefficient (Wildman–Crippen LogP) is 11.4. The summed E-state index contributed by atoms with van der Waals surface area (Å²) in [5.74, 6) is -71.4. The van der Waals surface area contributed by atoms with Gasteiger partial charge in [0.15, 0.2) is 69.8 Å². The van der Waals surface area contributed by atoms with E-state index in [-0.39, 0.29) is 0 Å². The zero-order valence-electron chi connectivity index (χ0n) is 34.3. The van der Waals surface area contributed by atoms with E-state index in [0.717, 1.165) is 0 Å². The topological polar surface area (TPSA) is 16.6 Å². The van der Waals surface area contributed by atoms with Gasteiger partial charge in [0.2, 0.25) is 0 Å². The van der Waals surface area contributed by atoms with Crippen molar-refractivity contribution in [3.8, 4) is 0 Å². The van der Waals surface area contributed by atoms with Gasteiger partial charge in [-0.1, -0.05) is 89.3 Å². The van der Waals surface area contributed by atoms with Crippen molar-refractivity contribution in [2.75, 3.05) is 6.54 Å². The monoisotopic (exact) mass is 969 g/mol. The summed E-state index contributed by atoms with van der Waals surface area (Å²) in [7, 11) is 0. The molecule has 5 aromatic rings. The molecule has 0 saturated heterocycles. The smallest absolute Gasteiger partial charge is 0.200 e. The fourth-order valence-corrected chi connectivity index (χ4v) is 7.72. The molecule has 2 N–H and O–H groups in total. The molecular formula is C44H36BF20N. The molecule has 5 rings (SSSR count). The van der Waals surface area contributed by atoms with Crippen molar-refractivity contribution in [1.82, 2.24) is 0 Å². The molecule has 1 nitrogen and oxygen atoms in total. The summed E-state index contributed by atoms with van der Waals surface area (Å²) < 4.78 is 294. The number of halogens is 20. The van der Waals surface area contributed by atoms with Crippen LogP contribution in [0.25, 0.3) is 0 Å². The second-order valence-electron chi connectivity index (χ2n) is 15.1. The van der Waals surface area contributed by atoms with E-state index in [1.165, 1.54) is 89.3 Å². The van der Waals surface area contributed by atoms with E-state index in [2.05, 4.69) is 42.6 Å². The fourth-order valence-electron chi connectivity index (χ4n) is 7.72. The van der Waals surface area contributed by atoms with Crippen LogP contribution in [0.3, 0.4) is 0 Å². The van der Waals surface area contributed by atoms with E-state index < -0.39 is 144 Å². The maximum atomic E-state index is 15.4. The molecule has 0 radical (unpaired) electrons. The van der Waals surface area contributed by atoms with Crippen LogP contribution in [0.4, 0.5) is 93.5 Å². The van der Waals surface area contributed by atoms with E-state index in [9.17, 15) is 52.7 Å². The van der Waals surface area contributed by atoms with Crippen LogP contribution in [0.2, 0.25) is 0 Å². The van der Waals surface area contributed by atoms with Crippen molar-refractivity contribution >= 4 is 33.7 Å². The number of hydrogen-bond donors (Lipinski definition) is 1. The lowest BCUT2D eigenvalue weighted by molar-refractivity contribution is -0.572. The number of benzene rings is 5. The van der Waals surface area contributed by atoms with Crippen LogP contribution in [0.1, 0.15) is 84.0 Å². The second-order valence-corrected chi connectivity index (χ2v) is 15.1. The molecule has 5 aromatic carbocycles. The van der Waals surface area contributed by atoms with E-state index in [0.29, 0.717) is 0 Å². The third-order valence-electron chi connectivity index (χ3n) is 10.9. The number of rotatable bonds is 18. The summed E-state index contributed by atoms with van der Waals surface area (Å²) in [6.07, 6.45) is 9.96. The van der Waals surface area contributed by atoms with Gasteiger partial charge in [-0.05, 0) is 25.0 Å². The fraction of sp³-hybridized carbons (Fsp3) is 0.318. The quantitative estimate of drug-likeness (QED) is 0.0225. The first kappa shape index (κ1) is 53.3. The Bertz CT molecular complexity index is 2130. The second kappa shape index (κ2) is 23.0. The van der Waals surface area contributed by atoms with Gasteiger partial charge in [-0.15, -0.1) is 21.9 Å². The van der Waals surface area contributed by atoms with Gasteiger partial charge in [-0.3, -0.25) is 0 Å². The minimum absolute atomic E-state index is 1.24. The van der Waals surface area contributed by atoms with Crippen molar-refractivity contribution in [2.24, 2.45) is 0 Å². The molecule has 0 heterocycles. The Morgan fingerprint density at radius 2 is 0.500 bits per heavy atom. The number of para-hydroxylation sites is 1. The highest BCUT2D eigenvalue weighted by Crippen LogP contribution is 2.31. The van der Waals surface area contributed by atoms with Gasteiger partial charge in [-0.25, -0.2) is 87.8 Å². The average molecular weight is 970 g/mol. The van der Waals surface area contributed by atoms with Crippen molar-refractivity contribution in [3.05, 3.63) is 147 Å². The first-order valence-electron chi connectivity index (χ1n) is 20.2. The molecule has 0 aliphatic carbocycles. The highest BCUT2D eigenvalue weighted by atomic mass is 19.2. The van der Waals surface area contributed by atoms with Crippen LogP contribution in [-0.4, -0.2) is 12.7 Å². The Kier molecular flexibility index (Phi) is 18.6. The molecule has 0 saturated carbocycles. The van der Waals surface area contributed by atoms with Crippen molar-refractivity contribution in [1.29, 1.82) is 0 Å². The van der Waals surface area contributed by atoms with Crippen molar-refractivity contribution < 1.29 is 93.1 Å². The number of nitrogens with two attached hydrogens (primary N) is 1. The van der Waals surface area contributed by atoms with Crippen LogP contribution in [0.5, 0.6) is 0 Å². The summed E-state index contributed by atoms with van der Waals surface area (Å²) in [4.78, 5) is 0.